The lowest BCUT2D eigenvalue weighted by Gasteiger charge is -2.39. The van der Waals surface area contributed by atoms with Gasteiger partial charge < -0.3 is 28.1 Å². The first-order valence-electron chi connectivity index (χ1n) is 16.6. The van der Waals surface area contributed by atoms with Crippen LogP contribution in [0.5, 0.6) is 0 Å². The average molecular weight is 732 g/mol. The molecule has 0 aliphatic heterocycles. The van der Waals surface area contributed by atoms with E-state index in [-0.39, 0.29) is 62.1 Å². The molecule has 13 heteroatoms. The lowest BCUT2D eigenvalue weighted by molar-refractivity contribution is -0.173. The van der Waals surface area contributed by atoms with Crippen LogP contribution in [0.1, 0.15) is 109 Å². The summed E-state index contributed by atoms with van der Waals surface area (Å²) in [6.07, 6.45) is 1.03. The fourth-order valence-corrected chi connectivity index (χ4v) is 5.99. The molecule has 278 valence electrons. The van der Waals surface area contributed by atoms with E-state index in [1.54, 1.807) is 41.5 Å². The Kier molecular flexibility index (Phi) is 22.0. The standard InChI is InChI=1S/C18H35ClO5Si.C16H29ClO5/c1-9-22-15(20)18(6,16(21)23-10-2)12-11-14(13-19)24-25(7,8)17(3,4)5;1-7-20-13(18)16(6,14(19)21-8-2)10-9-12(11-17)22-15(3,4)5/h14H,9-13H2,1-8H3;12H,7-11H2,1-6H3/t14-;12-/m00/s1. The van der Waals surface area contributed by atoms with Crippen LogP contribution in [0.15, 0.2) is 0 Å². The maximum Gasteiger partial charge on any atom is 0.323 e. The normalized spacial score (nSPS) is 13.9. The van der Waals surface area contributed by atoms with Crippen LogP contribution < -0.4 is 0 Å². The van der Waals surface area contributed by atoms with Gasteiger partial charge in [-0.3, -0.25) is 19.2 Å². The van der Waals surface area contributed by atoms with Gasteiger partial charge in [-0.05, 0) is 106 Å². The van der Waals surface area contributed by atoms with E-state index >= 15 is 0 Å². The van der Waals surface area contributed by atoms with E-state index in [0.717, 1.165) is 0 Å². The van der Waals surface area contributed by atoms with Gasteiger partial charge in [-0.2, -0.15) is 0 Å². The van der Waals surface area contributed by atoms with E-state index < -0.39 is 43.0 Å². The summed E-state index contributed by atoms with van der Waals surface area (Å²) < 4.78 is 32.4. The quantitative estimate of drug-likeness (QED) is 0.0427. The fourth-order valence-electron chi connectivity index (χ4n) is 4.06. The van der Waals surface area contributed by atoms with Gasteiger partial charge in [-0.25, -0.2) is 0 Å². The van der Waals surface area contributed by atoms with Crippen LogP contribution in [0.2, 0.25) is 18.1 Å². The predicted molar refractivity (Wildman–Crippen MR) is 189 cm³/mol. The molecule has 0 aromatic rings. The summed E-state index contributed by atoms with van der Waals surface area (Å²) >= 11 is 12.0. The summed E-state index contributed by atoms with van der Waals surface area (Å²) in [6, 6.07) is 0. The third kappa shape index (κ3) is 16.7. The van der Waals surface area contributed by atoms with Crippen molar-refractivity contribution < 1.29 is 47.3 Å². The smallest absolute Gasteiger partial charge is 0.323 e. The van der Waals surface area contributed by atoms with E-state index in [0.29, 0.717) is 24.6 Å². The molecule has 0 aliphatic carbocycles. The molecule has 0 bridgehead atoms. The highest BCUT2D eigenvalue weighted by molar-refractivity contribution is 6.74. The minimum atomic E-state index is -1.99. The highest BCUT2D eigenvalue weighted by atomic mass is 35.5. The third-order valence-corrected chi connectivity index (χ3v) is 13.2. The molecular formula is C34H64Cl2O10Si. The number of hydrogen-bond donors (Lipinski definition) is 0. The molecule has 0 aromatic heterocycles. The average Bonchev–Trinajstić information content (AvgIpc) is 2.96. The van der Waals surface area contributed by atoms with Crippen LogP contribution in [0, 0.1) is 10.8 Å². The first kappa shape index (κ1) is 47.7. The van der Waals surface area contributed by atoms with Gasteiger partial charge in [0.05, 0.1) is 44.2 Å². The van der Waals surface area contributed by atoms with E-state index in [4.69, 9.17) is 51.3 Å². The van der Waals surface area contributed by atoms with Gasteiger partial charge in [0.2, 0.25) is 0 Å². The molecule has 0 rings (SSSR count). The van der Waals surface area contributed by atoms with E-state index in [9.17, 15) is 19.2 Å². The summed E-state index contributed by atoms with van der Waals surface area (Å²) in [5.41, 5.74) is -3.02. The number of alkyl halides is 2. The Labute approximate surface area is 295 Å². The largest absolute Gasteiger partial charge is 0.465 e. The monoisotopic (exact) mass is 730 g/mol. The van der Waals surface area contributed by atoms with Crippen LogP contribution in [0.25, 0.3) is 0 Å². The summed E-state index contributed by atoms with van der Waals surface area (Å²) in [7, 11) is -1.99. The molecule has 0 amide bonds. The topological polar surface area (TPSA) is 124 Å². The summed E-state index contributed by atoms with van der Waals surface area (Å²) in [5, 5.41) is 0.0584. The Morgan fingerprint density at radius 3 is 1.11 bits per heavy atom. The highest BCUT2D eigenvalue weighted by Crippen LogP contribution is 2.39. The summed E-state index contributed by atoms with van der Waals surface area (Å²) in [4.78, 5) is 49.0. The molecular weight excluding hydrogens is 667 g/mol. The zero-order valence-corrected chi connectivity index (χ0v) is 34.1. The van der Waals surface area contributed by atoms with Gasteiger partial charge in [-0.1, -0.05) is 20.8 Å². The zero-order chi connectivity index (χ0) is 37.3. The third-order valence-electron chi connectivity index (χ3n) is 7.97. The number of rotatable bonds is 19. The molecule has 0 heterocycles. The molecule has 0 fully saturated rings. The molecule has 0 unspecified atom stereocenters. The van der Waals surface area contributed by atoms with E-state index in [1.165, 1.54) is 0 Å². The number of halogens is 2. The Hall–Kier alpha value is -1.40. The Bertz CT molecular complexity index is 924. The van der Waals surface area contributed by atoms with Gasteiger partial charge in [-0.15, -0.1) is 23.2 Å². The second-order valence-corrected chi connectivity index (χ2v) is 19.7. The molecule has 0 saturated carbocycles. The maximum absolute atomic E-state index is 12.3. The number of hydrogen-bond acceptors (Lipinski definition) is 10. The second kappa shape index (κ2) is 21.6. The minimum Gasteiger partial charge on any atom is -0.465 e. The van der Waals surface area contributed by atoms with Crippen LogP contribution in [-0.2, 0) is 47.3 Å². The van der Waals surface area contributed by atoms with Gasteiger partial charge in [0.1, 0.15) is 0 Å². The Morgan fingerprint density at radius 2 is 0.872 bits per heavy atom. The van der Waals surface area contributed by atoms with E-state index in [1.807, 2.05) is 20.8 Å². The number of ether oxygens (including phenoxy) is 5. The van der Waals surface area contributed by atoms with Crippen molar-refractivity contribution in [2.24, 2.45) is 10.8 Å². The van der Waals surface area contributed by atoms with Crippen LogP contribution in [0.4, 0.5) is 0 Å². The van der Waals surface area contributed by atoms with E-state index in [2.05, 4.69) is 33.9 Å². The molecule has 0 saturated heterocycles. The molecule has 0 radical (unpaired) electrons. The Balaban J connectivity index is 0. The lowest BCUT2D eigenvalue weighted by atomic mass is 9.84. The van der Waals surface area contributed by atoms with Crippen molar-refractivity contribution in [3.05, 3.63) is 0 Å². The molecule has 0 aromatic carbocycles. The minimum absolute atomic E-state index is 0.0584. The SMILES string of the molecule is CCOC(=O)C(C)(CC[C@@H](CCl)OC(C)(C)C)C(=O)OCC.CCOC(=O)C(C)(CC[C@@H](CCl)O[Si](C)(C)C(C)(C)C)C(=O)OCC. The van der Waals surface area contributed by atoms with Gasteiger partial charge in [0.15, 0.2) is 19.1 Å². The van der Waals surface area contributed by atoms with Crippen LogP contribution in [0.3, 0.4) is 0 Å². The molecule has 0 spiro atoms. The van der Waals surface area contributed by atoms with Gasteiger partial charge in [0.25, 0.3) is 0 Å². The molecule has 10 nitrogen and oxygen atoms in total. The van der Waals surface area contributed by atoms with Crippen molar-refractivity contribution >= 4 is 55.4 Å². The number of carbonyl (C=O) groups is 4. The van der Waals surface area contributed by atoms with Crippen molar-refractivity contribution in [1.82, 2.24) is 0 Å². The highest BCUT2D eigenvalue weighted by Gasteiger charge is 2.46. The van der Waals surface area contributed by atoms with Crippen LogP contribution >= 0.6 is 23.2 Å². The number of esters is 4. The summed E-state index contributed by atoms with van der Waals surface area (Å²) in [6.45, 7) is 27.4. The lowest BCUT2D eigenvalue weighted by Crippen LogP contribution is -2.45. The van der Waals surface area contributed by atoms with Crippen molar-refractivity contribution in [3.8, 4) is 0 Å². The second-order valence-electron chi connectivity index (χ2n) is 14.3. The van der Waals surface area contributed by atoms with Crippen molar-refractivity contribution in [2.45, 2.75) is 145 Å². The predicted octanol–water partition coefficient (Wildman–Crippen LogP) is 7.85. The Morgan fingerprint density at radius 1 is 0.574 bits per heavy atom. The molecule has 0 N–H and O–H groups in total. The first-order valence-corrected chi connectivity index (χ1v) is 20.6. The molecule has 2 atom stereocenters. The zero-order valence-electron chi connectivity index (χ0n) is 31.6. The van der Waals surface area contributed by atoms with Crippen LogP contribution in [-0.4, -0.2) is 88.2 Å². The fraction of sp³-hybridized carbons (Fsp3) is 0.882. The van der Waals surface area contributed by atoms with Crippen molar-refractivity contribution in [3.63, 3.8) is 0 Å². The maximum atomic E-state index is 12.3. The number of carbonyl (C=O) groups excluding carboxylic acids is 4. The van der Waals surface area contributed by atoms with Gasteiger partial charge >= 0.3 is 23.9 Å². The first-order chi connectivity index (χ1) is 21.5. The molecule has 47 heavy (non-hydrogen) atoms. The molecule has 0 aliphatic rings. The van der Waals surface area contributed by atoms with Crippen molar-refractivity contribution in [1.29, 1.82) is 0 Å². The van der Waals surface area contributed by atoms with Gasteiger partial charge in [0, 0.05) is 11.8 Å². The summed E-state index contributed by atoms with van der Waals surface area (Å²) in [5.74, 6) is -1.66. The van der Waals surface area contributed by atoms with Crippen molar-refractivity contribution in [2.75, 3.05) is 38.2 Å².